The van der Waals surface area contributed by atoms with Crippen LogP contribution in [0.4, 0.5) is 0 Å². The first kappa shape index (κ1) is 12.3. The minimum Gasteiger partial charge on any atom is -0.368 e. The molecule has 0 bridgehead atoms. The molecule has 1 fully saturated rings. The van der Waals surface area contributed by atoms with E-state index in [1.165, 1.54) is 0 Å². The van der Waals surface area contributed by atoms with Crippen molar-refractivity contribution in [2.45, 2.75) is 25.4 Å². The highest BCUT2D eigenvalue weighted by molar-refractivity contribution is 9.10. The van der Waals surface area contributed by atoms with Gasteiger partial charge in [0.2, 0.25) is 0 Å². The summed E-state index contributed by atoms with van der Waals surface area (Å²) in [7, 11) is 0. The molecule has 2 aromatic rings. The average Bonchev–Trinajstić information content (AvgIpc) is 2.99. The van der Waals surface area contributed by atoms with Crippen molar-refractivity contribution in [3.63, 3.8) is 0 Å². The molecule has 0 N–H and O–H groups in total. The molecule has 0 amide bonds. The van der Waals surface area contributed by atoms with Crippen LogP contribution in [0.3, 0.4) is 0 Å². The van der Waals surface area contributed by atoms with Gasteiger partial charge in [-0.2, -0.15) is 0 Å². The van der Waals surface area contributed by atoms with Crippen molar-refractivity contribution in [2.24, 2.45) is 0 Å². The van der Waals surface area contributed by atoms with Crippen LogP contribution in [0.1, 0.15) is 24.8 Å². The number of benzene rings is 1. The first-order valence-electron chi connectivity index (χ1n) is 6.03. The Hall–Kier alpha value is -0.710. The van der Waals surface area contributed by atoms with Crippen LogP contribution in [-0.2, 0) is 10.3 Å². The summed E-state index contributed by atoms with van der Waals surface area (Å²) in [5.41, 5.74) is 2.03. The van der Waals surface area contributed by atoms with Crippen LogP contribution in [0.2, 0.25) is 0 Å². The third-order valence-corrected chi connectivity index (χ3v) is 4.93. The van der Waals surface area contributed by atoms with Crippen molar-refractivity contribution in [1.82, 2.24) is 4.98 Å². The van der Waals surface area contributed by atoms with Gasteiger partial charge in [0.25, 0.3) is 0 Å². The Balaban J connectivity index is 1.91. The Morgan fingerprint density at radius 1 is 1.33 bits per heavy atom. The van der Waals surface area contributed by atoms with E-state index in [4.69, 9.17) is 9.72 Å². The quantitative estimate of drug-likeness (QED) is 0.805. The maximum atomic E-state index is 5.84. The van der Waals surface area contributed by atoms with Crippen LogP contribution < -0.4 is 0 Å². The summed E-state index contributed by atoms with van der Waals surface area (Å²) in [5, 5.41) is 3.21. The van der Waals surface area contributed by atoms with Gasteiger partial charge in [-0.3, -0.25) is 0 Å². The van der Waals surface area contributed by atoms with E-state index >= 15 is 0 Å². The van der Waals surface area contributed by atoms with Gasteiger partial charge in [0, 0.05) is 22.0 Å². The molecule has 3 rings (SSSR count). The molecule has 1 aliphatic heterocycles. The maximum Gasteiger partial charge on any atom is 0.125 e. The first-order chi connectivity index (χ1) is 8.67. The minimum absolute atomic E-state index is 0.168. The monoisotopic (exact) mass is 323 g/mol. The van der Waals surface area contributed by atoms with Crippen molar-refractivity contribution in [2.75, 3.05) is 6.61 Å². The first-order valence-corrected chi connectivity index (χ1v) is 7.71. The summed E-state index contributed by atoms with van der Waals surface area (Å²) in [6.07, 6.45) is 2.20. The van der Waals surface area contributed by atoms with Crippen molar-refractivity contribution < 1.29 is 4.74 Å². The van der Waals surface area contributed by atoms with Crippen LogP contribution in [0.15, 0.2) is 34.1 Å². The Bertz CT molecular complexity index is 543. The molecular weight excluding hydrogens is 310 g/mol. The van der Waals surface area contributed by atoms with Crippen LogP contribution >= 0.6 is 27.3 Å². The van der Waals surface area contributed by atoms with E-state index in [1.807, 2.05) is 12.1 Å². The molecule has 1 saturated heterocycles. The highest BCUT2D eigenvalue weighted by Crippen LogP contribution is 2.38. The molecule has 0 aliphatic carbocycles. The third kappa shape index (κ3) is 2.25. The number of thiazole rings is 1. The lowest BCUT2D eigenvalue weighted by Gasteiger charge is -2.19. The maximum absolute atomic E-state index is 5.84. The van der Waals surface area contributed by atoms with E-state index in [2.05, 4.69) is 40.4 Å². The molecule has 94 valence electrons. The van der Waals surface area contributed by atoms with Crippen molar-refractivity contribution in [3.8, 4) is 11.3 Å². The fraction of sp³-hybridized carbons (Fsp3) is 0.357. The Morgan fingerprint density at radius 2 is 2.11 bits per heavy atom. The molecule has 2 nitrogen and oxygen atoms in total. The van der Waals surface area contributed by atoms with Gasteiger partial charge < -0.3 is 4.74 Å². The second-order valence-corrected chi connectivity index (χ2v) is 6.50. The molecule has 0 spiro atoms. The van der Waals surface area contributed by atoms with Gasteiger partial charge in [-0.05, 0) is 31.9 Å². The van der Waals surface area contributed by atoms with Gasteiger partial charge >= 0.3 is 0 Å². The topological polar surface area (TPSA) is 22.1 Å². The van der Waals surface area contributed by atoms with Gasteiger partial charge in [0.1, 0.15) is 10.6 Å². The average molecular weight is 324 g/mol. The lowest BCUT2D eigenvalue weighted by Crippen LogP contribution is -2.19. The number of ether oxygens (including phenoxy) is 1. The summed E-state index contributed by atoms with van der Waals surface area (Å²) >= 11 is 5.14. The van der Waals surface area contributed by atoms with E-state index in [0.717, 1.165) is 40.2 Å². The fourth-order valence-corrected chi connectivity index (χ4v) is 3.46. The highest BCUT2D eigenvalue weighted by Gasteiger charge is 2.34. The number of rotatable bonds is 2. The largest absolute Gasteiger partial charge is 0.368 e. The number of hydrogen-bond donors (Lipinski definition) is 0. The van der Waals surface area contributed by atoms with Crippen LogP contribution in [-0.4, -0.2) is 11.6 Å². The zero-order valence-electron chi connectivity index (χ0n) is 10.1. The van der Waals surface area contributed by atoms with E-state index in [1.54, 1.807) is 11.3 Å². The van der Waals surface area contributed by atoms with Gasteiger partial charge in [0.05, 0.1) is 5.69 Å². The lowest BCUT2D eigenvalue weighted by molar-refractivity contribution is 0.0167. The molecule has 2 heterocycles. The standard InChI is InChI=1S/C14H14BrNOS/c1-14(7-2-8-17-14)13-16-12(9-18-13)10-3-5-11(15)6-4-10/h3-6,9H,2,7-8H2,1H3. The number of aromatic nitrogens is 1. The van der Waals surface area contributed by atoms with Gasteiger partial charge in [-0.15, -0.1) is 11.3 Å². The summed E-state index contributed by atoms with van der Waals surface area (Å²) in [6, 6.07) is 8.26. The Kier molecular flexibility index (Phi) is 3.26. The molecule has 1 unspecified atom stereocenters. The van der Waals surface area contributed by atoms with Crippen molar-refractivity contribution in [1.29, 1.82) is 0 Å². The number of nitrogens with zero attached hydrogens (tertiary/aromatic N) is 1. The minimum atomic E-state index is -0.168. The smallest absolute Gasteiger partial charge is 0.125 e. The van der Waals surface area contributed by atoms with Crippen LogP contribution in [0.25, 0.3) is 11.3 Å². The predicted octanol–water partition coefficient (Wildman–Crippen LogP) is 4.60. The van der Waals surface area contributed by atoms with E-state index in [-0.39, 0.29) is 5.60 Å². The molecule has 18 heavy (non-hydrogen) atoms. The molecule has 1 aromatic carbocycles. The van der Waals surface area contributed by atoms with Crippen molar-refractivity contribution >= 4 is 27.3 Å². The SMILES string of the molecule is CC1(c2nc(-c3ccc(Br)cc3)cs2)CCCO1. The zero-order valence-corrected chi connectivity index (χ0v) is 12.6. The Labute approximate surface area is 119 Å². The second kappa shape index (κ2) is 4.76. The van der Waals surface area contributed by atoms with Crippen LogP contribution in [0.5, 0.6) is 0 Å². The molecular formula is C14H14BrNOS. The number of hydrogen-bond acceptors (Lipinski definition) is 3. The molecule has 1 aliphatic rings. The fourth-order valence-electron chi connectivity index (χ4n) is 2.22. The van der Waals surface area contributed by atoms with Crippen molar-refractivity contribution in [3.05, 3.63) is 39.1 Å². The summed E-state index contributed by atoms with van der Waals surface area (Å²) in [6.45, 7) is 2.99. The molecule has 1 atom stereocenters. The van der Waals surface area contributed by atoms with Gasteiger partial charge in [-0.1, -0.05) is 28.1 Å². The number of halogens is 1. The molecule has 1 aromatic heterocycles. The van der Waals surface area contributed by atoms with Gasteiger partial charge in [0.15, 0.2) is 0 Å². The molecule has 0 radical (unpaired) electrons. The summed E-state index contributed by atoms with van der Waals surface area (Å²) in [4.78, 5) is 4.74. The lowest BCUT2D eigenvalue weighted by atomic mass is 10.0. The summed E-state index contributed by atoms with van der Waals surface area (Å²) in [5.74, 6) is 0. The molecule has 0 saturated carbocycles. The summed E-state index contributed by atoms with van der Waals surface area (Å²) < 4.78 is 6.93. The second-order valence-electron chi connectivity index (χ2n) is 4.73. The highest BCUT2D eigenvalue weighted by atomic mass is 79.9. The third-order valence-electron chi connectivity index (χ3n) is 3.32. The zero-order chi connectivity index (χ0) is 12.6. The van der Waals surface area contributed by atoms with E-state index < -0.39 is 0 Å². The predicted molar refractivity (Wildman–Crippen MR) is 77.8 cm³/mol. The van der Waals surface area contributed by atoms with E-state index in [0.29, 0.717) is 0 Å². The van der Waals surface area contributed by atoms with Gasteiger partial charge in [-0.25, -0.2) is 4.98 Å². The Morgan fingerprint density at radius 3 is 2.78 bits per heavy atom. The van der Waals surface area contributed by atoms with Crippen LogP contribution in [0, 0.1) is 0 Å². The normalized spacial score (nSPS) is 23.4. The van der Waals surface area contributed by atoms with E-state index in [9.17, 15) is 0 Å². The molecule has 4 heteroatoms.